The fraction of sp³-hybridized carbons (Fsp3) is 0.133. The first-order valence-electron chi connectivity index (χ1n) is 6.36. The maximum Gasteiger partial charge on any atom is 0.230 e. The highest BCUT2D eigenvalue weighted by Gasteiger charge is 2.07. The van der Waals surface area contributed by atoms with Gasteiger partial charge >= 0.3 is 0 Å². The van der Waals surface area contributed by atoms with Crippen LogP contribution in [-0.4, -0.2) is 20.3 Å². The van der Waals surface area contributed by atoms with Gasteiger partial charge in [-0.3, -0.25) is 9.78 Å². The summed E-state index contributed by atoms with van der Waals surface area (Å²) in [5.41, 5.74) is 3.37. The largest absolute Gasteiger partial charge is 0.324 e. The minimum Gasteiger partial charge on any atom is -0.324 e. The predicted octanol–water partition coefficient (Wildman–Crippen LogP) is 2.22. The molecule has 0 fully saturated rings. The number of imidazole rings is 1. The number of amides is 1. The zero-order chi connectivity index (χ0) is 13.9. The molecule has 0 atom stereocenters. The van der Waals surface area contributed by atoms with Crippen molar-refractivity contribution < 1.29 is 4.79 Å². The van der Waals surface area contributed by atoms with Crippen LogP contribution in [0.25, 0.3) is 5.65 Å². The predicted molar refractivity (Wildman–Crippen MR) is 76.5 cm³/mol. The molecular weight excluding hydrogens is 252 g/mol. The highest BCUT2D eigenvalue weighted by molar-refractivity contribution is 5.91. The van der Waals surface area contributed by atoms with Crippen LogP contribution in [0.3, 0.4) is 0 Å². The summed E-state index contributed by atoms with van der Waals surface area (Å²) in [5, 5.41) is 2.84. The highest BCUT2D eigenvalue weighted by atomic mass is 16.1. The SMILES string of the molecule is Cc1ccc(NC(=O)Cc2cccc3nccn23)cn1. The number of rotatable bonds is 3. The van der Waals surface area contributed by atoms with Crippen LogP contribution in [0, 0.1) is 6.92 Å². The molecule has 3 aromatic heterocycles. The first kappa shape index (κ1) is 12.3. The molecule has 1 amide bonds. The third-order valence-corrected chi connectivity index (χ3v) is 3.05. The van der Waals surface area contributed by atoms with Crippen LogP contribution < -0.4 is 5.32 Å². The number of aromatic nitrogens is 3. The van der Waals surface area contributed by atoms with E-state index < -0.39 is 0 Å². The Morgan fingerprint density at radius 3 is 2.95 bits per heavy atom. The van der Waals surface area contributed by atoms with Gasteiger partial charge in [-0.2, -0.15) is 0 Å². The summed E-state index contributed by atoms with van der Waals surface area (Å²) in [6, 6.07) is 9.44. The number of hydrogen-bond donors (Lipinski definition) is 1. The van der Waals surface area contributed by atoms with Gasteiger partial charge in [0.1, 0.15) is 5.65 Å². The van der Waals surface area contributed by atoms with Crippen molar-refractivity contribution in [1.29, 1.82) is 0 Å². The number of nitrogens with zero attached hydrogens (tertiary/aromatic N) is 3. The standard InChI is InChI=1S/C15H14N4O/c1-11-5-6-12(10-17-11)18-15(20)9-13-3-2-4-14-16-7-8-19(13)14/h2-8,10H,9H2,1H3,(H,18,20). The van der Waals surface area contributed by atoms with Gasteiger partial charge in [-0.05, 0) is 31.2 Å². The van der Waals surface area contributed by atoms with Crippen molar-refractivity contribution in [2.75, 3.05) is 5.32 Å². The second kappa shape index (κ2) is 5.13. The van der Waals surface area contributed by atoms with Gasteiger partial charge in [-0.25, -0.2) is 4.98 Å². The van der Waals surface area contributed by atoms with Gasteiger partial charge in [0, 0.05) is 23.8 Å². The van der Waals surface area contributed by atoms with Gasteiger partial charge in [0.05, 0.1) is 18.3 Å². The van der Waals surface area contributed by atoms with E-state index in [1.807, 2.05) is 47.9 Å². The normalized spacial score (nSPS) is 10.7. The molecule has 0 aliphatic carbocycles. The Kier molecular flexibility index (Phi) is 3.16. The maximum absolute atomic E-state index is 12.1. The minimum absolute atomic E-state index is 0.0724. The van der Waals surface area contributed by atoms with E-state index in [0.717, 1.165) is 17.0 Å². The summed E-state index contributed by atoms with van der Waals surface area (Å²) < 4.78 is 1.91. The molecule has 0 radical (unpaired) electrons. The number of pyridine rings is 2. The number of carbonyl (C=O) groups excluding carboxylic acids is 1. The first-order chi connectivity index (χ1) is 9.72. The highest BCUT2D eigenvalue weighted by Crippen LogP contribution is 2.09. The smallest absolute Gasteiger partial charge is 0.230 e. The van der Waals surface area contributed by atoms with Crippen LogP contribution in [0.1, 0.15) is 11.4 Å². The van der Waals surface area contributed by atoms with Crippen LogP contribution in [-0.2, 0) is 11.2 Å². The van der Waals surface area contributed by atoms with E-state index >= 15 is 0 Å². The number of anilines is 1. The average Bonchev–Trinajstić information content (AvgIpc) is 2.91. The summed E-state index contributed by atoms with van der Waals surface area (Å²) in [6.07, 6.45) is 5.53. The van der Waals surface area contributed by atoms with E-state index in [4.69, 9.17) is 0 Å². The van der Waals surface area contributed by atoms with Gasteiger partial charge in [0.2, 0.25) is 5.91 Å². The van der Waals surface area contributed by atoms with Crippen LogP contribution in [0.4, 0.5) is 5.69 Å². The third kappa shape index (κ3) is 2.51. The van der Waals surface area contributed by atoms with Gasteiger partial charge in [-0.1, -0.05) is 6.07 Å². The van der Waals surface area contributed by atoms with E-state index in [0.29, 0.717) is 12.1 Å². The number of carbonyl (C=O) groups is 1. The quantitative estimate of drug-likeness (QED) is 0.790. The Bertz CT molecular complexity index is 746. The average molecular weight is 266 g/mol. The molecule has 20 heavy (non-hydrogen) atoms. The van der Waals surface area contributed by atoms with Crippen molar-refractivity contribution in [3.05, 3.63) is 60.3 Å². The van der Waals surface area contributed by atoms with Crippen molar-refractivity contribution in [2.24, 2.45) is 0 Å². The summed E-state index contributed by atoms with van der Waals surface area (Å²) in [5.74, 6) is -0.0724. The Hall–Kier alpha value is -2.69. The van der Waals surface area contributed by atoms with Crippen LogP contribution in [0.5, 0.6) is 0 Å². The van der Waals surface area contributed by atoms with E-state index in [-0.39, 0.29) is 5.91 Å². The molecule has 0 saturated heterocycles. The second-order valence-corrected chi connectivity index (χ2v) is 4.59. The Balaban J connectivity index is 1.76. The Labute approximate surface area is 116 Å². The Morgan fingerprint density at radius 1 is 1.25 bits per heavy atom. The molecule has 1 N–H and O–H groups in total. The van der Waals surface area contributed by atoms with Crippen molar-refractivity contribution >= 4 is 17.2 Å². The second-order valence-electron chi connectivity index (χ2n) is 4.59. The lowest BCUT2D eigenvalue weighted by molar-refractivity contribution is -0.115. The number of aryl methyl sites for hydroxylation is 1. The molecule has 3 aromatic rings. The van der Waals surface area contributed by atoms with E-state index in [9.17, 15) is 4.79 Å². The summed E-state index contributed by atoms with van der Waals surface area (Å²) >= 11 is 0. The van der Waals surface area contributed by atoms with Gasteiger partial charge in [0.25, 0.3) is 0 Å². The molecule has 5 heteroatoms. The summed E-state index contributed by atoms with van der Waals surface area (Å²) in [4.78, 5) is 20.4. The molecule has 0 aliphatic rings. The molecule has 5 nitrogen and oxygen atoms in total. The van der Waals surface area contributed by atoms with Crippen molar-refractivity contribution in [3.63, 3.8) is 0 Å². The summed E-state index contributed by atoms with van der Waals surface area (Å²) in [6.45, 7) is 1.91. The number of fused-ring (bicyclic) bond motifs is 1. The fourth-order valence-electron chi connectivity index (χ4n) is 2.06. The maximum atomic E-state index is 12.1. The van der Waals surface area contributed by atoms with E-state index in [1.165, 1.54) is 0 Å². The molecule has 0 aromatic carbocycles. The van der Waals surface area contributed by atoms with E-state index in [1.54, 1.807) is 12.4 Å². The lowest BCUT2D eigenvalue weighted by Crippen LogP contribution is -2.16. The molecular formula is C15H14N4O. The monoisotopic (exact) mass is 266 g/mol. The number of nitrogens with one attached hydrogen (secondary N) is 1. The van der Waals surface area contributed by atoms with Gasteiger partial charge in [-0.15, -0.1) is 0 Å². The third-order valence-electron chi connectivity index (χ3n) is 3.05. The molecule has 100 valence electrons. The van der Waals surface area contributed by atoms with E-state index in [2.05, 4.69) is 15.3 Å². The molecule has 3 heterocycles. The van der Waals surface area contributed by atoms with Crippen LogP contribution in [0.15, 0.2) is 48.9 Å². The van der Waals surface area contributed by atoms with Gasteiger partial charge < -0.3 is 9.72 Å². The molecule has 0 saturated carbocycles. The molecule has 0 unspecified atom stereocenters. The lowest BCUT2D eigenvalue weighted by atomic mass is 10.2. The topological polar surface area (TPSA) is 59.3 Å². The zero-order valence-electron chi connectivity index (χ0n) is 11.1. The first-order valence-corrected chi connectivity index (χ1v) is 6.36. The van der Waals surface area contributed by atoms with Gasteiger partial charge in [0.15, 0.2) is 0 Å². The number of hydrogen-bond acceptors (Lipinski definition) is 3. The Morgan fingerprint density at radius 2 is 2.15 bits per heavy atom. The summed E-state index contributed by atoms with van der Waals surface area (Å²) in [7, 11) is 0. The van der Waals surface area contributed by atoms with Crippen LogP contribution >= 0.6 is 0 Å². The van der Waals surface area contributed by atoms with Crippen molar-refractivity contribution in [3.8, 4) is 0 Å². The molecule has 0 spiro atoms. The zero-order valence-corrected chi connectivity index (χ0v) is 11.1. The minimum atomic E-state index is -0.0724. The molecule has 0 bridgehead atoms. The molecule has 0 aliphatic heterocycles. The van der Waals surface area contributed by atoms with Crippen LogP contribution in [0.2, 0.25) is 0 Å². The van der Waals surface area contributed by atoms with Crippen molar-refractivity contribution in [1.82, 2.24) is 14.4 Å². The van der Waals surface area contributed by atoms with Crippen molar-refractivity contribution in [2.45, 2.75) is 13.3 Å². The fourth-order valence-corrected chi connectivity index (χ4v) is 2.06. The lowest BCUT2D eigenvalue weighted by Gasteiger charge is -2.07. The molecule has 3 rings (SSSR count).